The van der Waals surface area contributed by atoms with Crippen LogP contribution < -0.4 is 15.4 Å². The van der Waals surface area contributed by atoms with Crippen molar-refractivity contribution in [1.82, 2.24) is 25.1 Å². The topological polar surface area (TPSA) is 94.0 Å². The van der Waals surface area contributed by atoms with E-state index >= 15 is 0 Å². The molecule has 0 radical (unpaired) electrons. The number of hydrogen-bond donors (Lipinski definition) is 2. The normalized spacial score (nSPS) is 11.4. The minimum Gasteiger partial charge on any atom is -0.493 e. The van der Waals surface area contributed by atoms with Crippen molar-refractivity contribution in [2.45, 2.75) is 45.8 Å². The molecule has 2 heterocycles. The molecule has 9 heteroatoms. The van der Waals surface area contributed by atoms with Gasteiger partial charge in [-0.2, -0.15) is 5.10 Å². The lowest BCUT2D eigenvalue weighted by Crippen LogP contribution is -2.28. The molecular formula is C27H34N6O2S. The van der Waals surface area contributed by atoms with E-state index in [2.05, 4.69) is 36.5 Å². The molecule has 4 rings (SSSR count). The summed E-state index contributed by atoms with van der Waals surface area (Å²) in [5, 5.41) is 14.6. The van der Waals surface area contributed by atoms with Gasteiger partial charge in [-0.25, -0.2) is 14.6 Å². The molecule has 0 unspecified atom stereocenters. The lowest BCUT2D eigenvalue weighted by atomic mass is 10.0. The maximum Gasteiger partial charge on any atom is 0.255 e. The van der Waals surface area contributed by atoms with Crippen LogP contribution in [0.25, 0.3) is 21.8 Å². The first-order chi connectivity index (χ1) is 17.5. The van der Waals surface area contributed by atoms with E-state index in [0.717, 1.165) is 51.5 Å². The summed E-state index contributed by atoms with van der Waals surface area (Å²) in [5.74, 6) is 2.67. The Labute approximate surface area is 216 Å². The van der Waals surface area contributed by atoms with Crippen molar-refractivity contribution in [3.8, 4) is 5.75 Å². The smallest absolute Gasteiger partial charge is 0.255 e. The Kier molecular flexibility index (Phi) is 8.64. The average molecular weight is 507 g/mol. The Hall–Kier alpha value is -3.33. The highest BCUT2D eigenvalue weighted by atomic mass is 32.2. The number of fused-ring (bicyclic) bond motifs is 2. The van der Waals surface area contributed by atoms with E-state index in [-0.39, 0.29) is 5.91 Å². The minimum atomic E-state index is -0.167. The number of carbonyl (C=O) groups is 1. The van der Waals surface area contributed by atoms with Crippen LogP contribution in [0.4, 0.5) is 5.82 Å². The molecule has 0 aliphatic rings. The summed E-state index contributed by atoms with van der Waals surface area (Å²) in [4.78, 5) is 22.8. The van der Waals surface area contributed by atoms with Crippen molar-refractivity contribution in [1.29, 1.82) is 0 Å². The molecule has 0 bridgehead atoms. The molecule has 8 nitrogen and oxygen atoms in total. The number of aromatic nitrogens is 4. The number of nitrogens with one attached hydrogen (secondary N) is 2. The fourth-order valence-electron chi connectivity index (χ4n) is 3.92. The Bertz CT molecular complexity index is 1340. The summed E-state index contributed by atoms with van der Waals surface area (Å²) in [6.07, 6.45) is 2.84. The van der Waals surface area contributed by atoms with Gasteiger partial charge in [0, 0.05) is 18.8 Å². The largest absolute Gasteiger partial charge is 0.493 e. The van der Waals surface area contributed by atoms with Crippen molar-refractivity contribution in [3.63, 3.8) is 0 Å². The van der Waals surface area contributed by atoms with Crippen LogP contribution in [-0.4, -0.2) is 51.1 Å². The van der Waals surface area contributed by atoms with Gasteiger partial charge in [-0.05, 0) is 36.1 Å². The third-order valence-corrected chi connectivity index (χ3v) is 6.67. The summed E-state index contributed by atoms with van der Waals surface area (Å²) in [6, 6.07) is 11.7. The molecule has 0 spiro atoms. The second-order valence-corrected chi connectivity index (χ2v) is 9.99. The predicted molar refractivity (Wildman–Crippen MR) is 147 cm³/mol. The number of ether oxygens (including phenoxy) is 1. The molecule has 1 amide bonds. The third kappa shape index (κ3) is 5.90. The Morgan fingerprint density at radius 1 is 1.11 bits per heavy atom. The van der Waals surface area contributed by atoms with E-state index in [1.165, 1.54) is 0 Å². The highest BCUT2D eigenvalue weighted by Gasteiger charge is 2.17. The quantitative estimate of drug-likeness (QED) is 0.197. The van der Waals surface area contributed by atoms with Crippen molar-refractivity contribution >= 4 is 45.3 Å². The zero-order chi connectivity index (χ0) is 25.5. The summed E-state index contributed by atoms with van der Waals surface area (Å²) < 4.78 is 7.60. The van der Waals surface area contributed by atoms with Gasteiger partial charge in [-0.3, -0.25) is 4.79 Å². The molecule has 0 atom stereocenters. The maximum atomic E-state index is 13.3. The van der Waals surface area contributed by atoms with Crippen LogP contribution in [0, 0.1) is 5.92 Å². The number of hydrogen-bond acceptors (Lipinski definition) is 7. The lowest BCUT2D eigenvalue weighted by Gasteiger charge is -2.14. The lowest BCUT2D eigenvalue weighted by molar-refractivity contribution is 0.0950. The highest BCUT2D eigenvalue weighted by molar-refractivity contribution is 7.99. The van der Waals surface area contributed by atoms with Gasteiger partial charge >= 0.3 is 0 Å². The number of thioether (sulfide) groups is 1. The van der Waals surface area contributed by atoms with Gasteiger partial charge in [0.2, 0.25) is 0 Å². The van der Waals surface area contributed by atoms with E-state index in [4.69, 9.17) is 14.7 Å². The zero-order valence-electron chi connectivity index (χ0n) is 21.4. The molecule has 0 saturated carbocycles. The maximum absolute atomic E-state index is 13.3. The average Bonchev–Trinajstić information content (AvgIpc) is 3.28. The van der Waals surface area contributed by atoms with Crippen LogP contribution in [-0.2, 0) is 6.54 Å². The van der Waals surface area contributed by atoms with Gasteiger partial charge in [-0.1, -0.05) is 62.9 Å². The first kappa shape index (κ1) is 25.8. The number of rotatable bonds is 12. The van der Waals surface area contributed by atoms with E-state index in [0.29, 0.717) is 36.9 Å². The standard InChI is InChI=1S/C27H34N6O2S/c1-5-15-36-27-31-24(29-16-18(3)4)21-17-30-33(25(21)32-27)14-13-28-26(34)23-20-10-8-7-9-19(20)11-12-22(23)35-6-2/h7-12,17-18H,5-6,13-16H2,1-4H3,(H,28,34)(H,29,31,32). The van der Waals surface area contributed by atoms with Crippen LogP contribution in [0.2, 0.25) is 0 Å². The number of benzene rings is 2. The summed E-state index contributed by atoms with van der Waals surface area (Å²) in [7, 11) is 0. The Balaban J connectivity index is 1.54. The predicted octanol–water partition coefficient (Wildman–Crippen LogP) is 5.38. The second kappa shape index (κ2) is 12.1. The van der Waals surface area contributed by atoms with Gasteiger partial charge < -0.3 is 15.4 Å². The summed E-state index contributed by atoms with van der Waals surface area (Å²) in [5.41, 5.74) is 1.32. The molecule has 2 N–H and O–H groups in total. The van der Waals surface area contributed by atoms with Crippen LogP contribution >= 0.6 is 11.8 Å². The Morgan fingerprint density at radius 2 is 1.94 bits per heavy atom. The molecular weight excluding hydrogens is 472 g/mol. The van der Waals surface area contributed by atoms with Crippen molar-refractivity contribution in [2.24, 2.45) is 5.92 Å². The number of carbonyl (C=O) groups excluding carboxylic acids is 1. The molecule has 36 heavy (non-hydrogen) atoms. The summed E-state index contributed by atoms with van der Waals surface area (Å²) >= 11 is 1.64. The third-order valence-electron chi connectivity index (χ3n) is 5.62. The van der Waals surface area contributed by atoms with Crippen LogP contribution in [0.5, 0.6) is 5.75 Å². The second-order valence-electron chi connectivity index (χ2n) is 8.93. The number of amides is 1. The van der Waals surface area contributed by atoms with Crippen LogP contribution in [0.15, 0.2) is 47.8 Å². The first-order valence-electron chi connectivity index (χ1n) is 12.5. The van der Waals surface area contributed by atoms with Gasteiger partial charge in [-0.15, -0.1) is 0 Å². The van der Waals surface area contributed by atoms with Gasteiger partial charge in [0.15, 0.2) is 10.8 Å². The van der Waals surface area contributed by atoms with E-state index in [1.807, 2.05) is 48.0 Å². The fourth-order valence-corrected chi connectivity index (χ4v) is 4.61. The molecule has 190 valence electrons. The number of anilines is 1. The molecule has 0 aliphatic carbocycles. The van der Waals surface area contributed by atoms with Crippen molar-refractivity contribution < 1.29 is 9.53 Å². The molecule has 2 aromatic heterocycles. The highest BCUT2D eigenvalue weighted by Crippen LogP contribution is 2.28. The Morgan fingerprint density at radius 3 is 2.72 bits per heavy atom. The molecule has 0 saturated heterocycles. The van der Waals surface area contributed by atoms with Gasteiger partial charge in [0.05, 0.1) is 30.3 Å². The van der Waals surface area contributed by atoms with Crippen LogP contribution in [0.3, 0.4) is 0 Å². The molecule has 0 fully saturated rings. The molecule has 4 aromatic rings. The minimum absolute atomic E-state index is 0.167. The fraction of sp³-hybridized carbons (Fsp3) is 0.407. The van der Waals surface area contributed by atoms with Crippen molar-refractivity contribution in [3.05, 3.63) is 48.2 Å². The monoisotopic (exact) mass is 506 g/mol. The van der Waals surface area contributed by atoms with E-state index < -0.39 is 0 Å². The molecule has 2 aromatic carbocycles. The van der Waals surface area contributed by atoms with Gasteiger partial charge in [0.25, 0.3) is 5.91 Å². The SMILES string of the molecule is CCCSc1nc(NCC(C)C)c2cnn(CCNC(=O)c3c(OCC)ccc4ccccc34)c2n1. The van der Waals surface area contributed by atoms with Gasteiger partial charge in [0.1, 0.15) is 11.6 Å². The van der Waals surface area contributed by atoms with Crippen molar-refractivity contribution in [2.75, 3.05) is 30.8 Å². The zero-order valence-corrected chi connectivity index (χ0v) is 22.2. The van der Waals surface area contributed by atoms with Crippen LogP contribution in [0.1, 0.15) is 44.5 Å². The number of nitrogens with zero attached hydrogens (tertiary/aromatic N) is 4. The molecule has 0 aliphatic heterocycles. The first-order valence-corrected chi connectivity index (χ1v) is 13.5. The van der Waals surface area contributed by atoms with E-state index in [9.17, 15) is 4.79 Å². The summed E-state index contributed by atoms with van der Waals surface area (Å²) in [6.45, 7) is 10.6. The van der Waals surface area contributed by atoms with E-state index in [1.54, 1.807) is 18.0 Å².